The Labute approximate surface area is 76.3 Å². The van der Waals surface area contributed by atoms with Crippen molar-refractivity contribution in [3.8, 4) is 0 Å². The standard InChI is InChI=1S/C8H14N2OS/c1-3-6(9)7(11)8-5(2)10-4-12-8/h4,6-7,11H,3,9H2,1-2H3. The van der Waals surface area contributed by atoms with Crippen LogP contribution in [0.1, 0.15) is 30.0 Å². The number of aliphatic hydroxyl groups excluding tert-OH is 1. The van der Waals surface area contributed by atoms with Gasteiger partial charge in [-0.1, -0.05) is 6.92 Å². The van der Waals surface area contributed by atoms with Crippen molar-refractivity contribution in [3.05, 3.63) is 16.1 Å². The summed E-state index contributed by atoms with van der Waals surface area (Å²) in [5.74, 6) is 0. The minimum atomic E-state index is -0.553. The number of aliphatic hydroxyl groups is 1. The van der Waals surface area contributed by atoms with E-state index in [4.69, 9.17) is 5.73 Å². The molecule has 0 amide bonds. The SMILES string of the molecule is CCC(N)C(O)c1scnc1C. The Bertz CT molecular complexity index is 249. The quantitative estimate of drug-likeness (QED) is 0.746. The van der Waals surface area contributed by atoms with Crippen LogP contribution in [0.2, 0.25) is 0 Å². The third-order valence-electron chi connectivity index (χ3n) is 1.93. The van der Waals surface area contributed by atoms with E-state index < -0.39 is 6.10 Å². The predicted octanol–water partition coefficient (Wildman–Crippen LogP) is 1.22. The summed E-state index contributed by atoms with van der Waals surface area (Å²) in [6, 6.07) is -0.177. The first-order chi connectivity index (χ1) is 5.66. The van der Waals surface area contributed by atoms with Crippen molar-refractivity contribution >= 4 is 11.3 Å². The molecule has 3 nitrogen and oxygen atoms in total. The van der Waals surface area contributed by atoms with E-state index in [2.05, 4.69) is 4.98 Å². The number of hydrogen-bond acceptors (Lipinski definition) is 4. The van der Waals surface area contributed by atoms with Crippen molar-refractivity contribution in [1.82, 2.24) is 4.98 Å². The van der Waals surface area contributed by atoms with Crippen LogP contribution in [-0.2, 0) is 0 Å². The fraction of sp³-hybridized carbons (Fsp3) is 0.625. The molecule has 4 heteroatoms. The molecule has 0 bridgehead atoms. The molecule has 0 saturated heterocycles. The number of rotatable bonds is 3. The molecule has 2 atom stereocenters. The van der Waals surface area contributed by atoms with Gasteiger partial charge in [0.25, 0.3) is 0 Å². The van der Waals surface area contributed by atoms with Crippen molar-refractivity contribution in [1.29, 1.82) is 0 Å². The fourth-order valence-electron chi connectivity index (χ4n) is 1.01. The molecule has 12 heavy (non-hydrogen) atoms. The van der Waals surface area contributed by atoms with Crippen molar-refractivity contribution in [2.24, 2.45) is 5.73 Å². The topological polar surface area (TPSA) is 59.1 Å². The van der Waals surface area contributed by atoms with E-state index in [0.29, 0.717) is 0 Å². The van der Waals surface area contributed by atoms with Crippen LogP contribution in [0.5, 0.6) is 0 Å². The second-order valence-corrected chi connectivity index (χ2v) is 3.71. The van der Waals surface area contributed by atoms with Crippen LogP contribution in [0.15, 0.2) is 5.51 Å². The highest BCUT2D eigenvalue weighted by molar-refractivity contribution is 7.09. The largest absolute Gasteiger partial charge is 0.386 e. The van der Waals surface area contributed by atoms with Crippen LogP contribution in [0.3, 0.4) is 0 Å². The Morgan fingerprint density at radius 1 is 1.75 bits per heavy atom. The van der Waals surface area contributed by atoms with Crippen LogP contribution in [0.4, 0.5) is 0 Å². The third-order valence-corrected chi connectivity index (χ3v) is 2.93. The minimum Gasteiger partial charge on any atom is -0.386 e. The lowest BCUT2D eigenvalue weighted by molar-refractivity contribution is 0.147. The maximum Gasteiger partial charge on any atom is 0.105 e. The lowest BCUT2D eigenvalue weighted by Gasteiger charge is -2.15. The maximum atomic E-state index is 9.70. The molecule has 3 N–H and O–H groups in total. The van der Waals surface area contributed by atoms with Gasteiger partial charge in [0.15, 0.2) is 0 Å². The molecule has 0 spiro atoms. The summed E-state index contributed by atoms with van der Waals surface area (Å²) in [5, 5.41) is 9.70. The van der Waals surface area contributed by atoms with E-state index in [1.807, 2.05) is 13.8 Å². The Hall–Kier alpha value is -0.450. The summed E-state index contributed by atoms with van der Waals surface area (Å²) in [6.07, 6.45) is 0.223. The molecular formula is C8H14N2OS. The van der Waals surface area contributed by atoms with Crippen LogP contribution < -0.4 is 5.73 Å². The van der Waals surface area contributed by atoms with Crippen LogP contribution in [-0.4, -0.2) is 16.1 Å². The average Bonchev–Trinajstić information content (AvgIpc) is 2.48. The number of thiazole rings is 1. The summed E-state index contributed by atoms with van der Waals surface area (Å²) < 4.78 is 0. The van der Waals surface area contributed by atoms with Crippen molar-refractivity contribution in [2.75, 3.05) is 0 Å². The number of aryl methyl sites for hydroxylation is 1. The predicted molar refractivity (Wildman–Crippen MR) is 50.1 cm³/mol. The van der Waals surface area contributed by atoms with Gasteiger partial charge < -0.3 is 10.8 Å². The molecule has 1 aromatic rings. The van der Waals surface area contributed by atoms with Crippen molar-refractivity contribution in [2.45, 2.75) is 32.4 Å². The lowest BCUT2D eigenvalue weighted by Crippen LogP contribution is -2.27. The van der Waals surface area contributed by atoms with Gasteiger partial charge in [-0.3, -0.25) is 0 Å². The molecule has 1 aromatic heterocycles. The fourth-order valence-corrected chi connectivity index (χ4v) is 1.87. The van der Waals surface area contributed by atoms with Crippen LogP contribution in [0.25, 0.3) is 0 Å². The molecule has 1 heterocycles. The van der Waals surface area contributed by atoms with Gasteiger partial charge in [-0.15, -0.1) is 11.3 Å². The zero-order chi connectivity index (χ0) is 9.14. The first-order valence-corrected chi connectivity index (χ1v) is 4.88. The van der Waals surface area contributed by atoms with Gasteiger partial charge in [0.2, 0.25) is 0 Å². The second-order valence-electron chi connectivity index (χ2n) is 2.82. The Kier molecular flexibility index (Phi) is 3.20. The highest BCUT2D eigenvalue weighted by atomic mass is 32.1. The zero-order valence-corrected chi connectivity index (χ0v) is 8.14. The molecule has 2 unspecified atom stereocenters. The molecular weight excluding hydrogens is 172 g/mol. The Morgan fingerprint density at radius 3 is 2.83 bits per heavy atom. The Balaban J connectivity index is 2.77. The van der Waals surface area contributed by atoms with Crippen LogP contribution in [0, 0.1) is 6.92 Å². The summed E-state index contributed by atoms with van der Waals surface area (Å²) in [5.41, 5.74) is 8.32. The number of hydrogen-bond donors (Lipinski definition) is 2. The maximum absolute atomic E-state index is 9.70. The Morgan fingerprint density at radius 2 is 2.42 bits per heavy atom. The third kappa shape index (κ3) is 1.83. The normalized spacial score (nSPS) is 16.0. The summed E-state index contributed by atoms with van der Waals surface area (Å²) in [7, 11) is 0. The molecule has 0 fully saturated rings. The van der Waals surface area contributed by atoms with E-state index in [0.717, 1.165) is 17.0 Å². The molecule has 1 rings (SSSR count). The van der Waals surface area contributed by atoms with Crippen LogP contribution >= 0.6 is 11.3 Å². The van der Waals surface area contributed by atoms with Crippen molar-refractivity contribution in [3.63, 3.8) is 0 Å². The van der Waals surface area contributed by atoms with E-state index >= 15 is 0 Å². The van der Waals surface area contributed by atoms with Gasteiger partial charge in [0.05, 0.1) is 16.1 Å². The molecule has 68 valence electrons. The van der Waals surface area contributed by atoms with Gasteiger partial charge in [-0.25, -0.2) is 4.98 Å². The summed E-state index contributed by atoms with van der Waals surface area (Å²) in [4.78, 5) is 4.95. The smallest absolute Gasteiger partial charge is 0.105 e. The molecule has 0 saturated carbocycles. The first-order valence-electron chi connectivity index (χ1n) is 4.00. The summed E-state index contributed by atoms with van der Waals surface area (Å²) >= 11 is 1.46. The van der Waals surface area contributed by atoms with E-state index in [1.165, 1.54) is 11.3 Å². The molecule has 0 aliphatic carbocycles. The molecule has 0 aromatic carbocycles. The first kappa shape index (κ1) is 9.64. The van der Waals surface area contributed by atoms with Gasteiger partial charge in [0, 0.05) is 6.04 Å². The highest BCUT2D eigenvalue weighted by Gasteiger charge is 2.18. The van der Waals surface area contributed by atoms with Gasteiger partial charge in [-0.05, 0) is 13.3 Å². The van der Waals surface area contributed by atoms with Gasteiger partial charge >= 0.3 is 0 Å². The molecule has 0 radical (unpaired) electrons. The second kappa shape index (κ2) is 3.98. The molecule has 0 aliphatic rings. The van der Waals surface area contributed by atoms with Crippen molar-refractivity contribution < 1.29 is 5.11 Å². The van der Waals surface area contributed by atoms with E-state index in [9.17, 15) is 5.11 Å². The number of nitrogens with zero attached hydrogens (tertiary/aromatic N) is 1. The number of nitrogens with two attached hydrogens (primary N) is 1. The molecule has 0 aliphatic heterocycles. The van der Waals surface area contributed by atoms with E-state index in [1.54, 1.807) is 5.51 Å². The van der Waals surface area contributed by atoms with Gasteiger partial charge in [0.1, 0.15) is 6.10 Å². The lowest BCUT2D eigenvalue weighted by atomic mass is 10.1. The highest BCUT2D eigenvalue weighted by Crippen LogP contribution is 2.24. The number of aromatic nitrogens is 1. The minimum absolute atomic E-state index is 0.177. The summed E-state index contributed by atoms with van der Waals surface area (Å²) in [6.45, 7) is 3.85. The zero-order valence-electron chi connectivity index (χ0n) is 7.32. The van der Waals surface area contributed by atoms with E-state index in [-0.39, 0.29) is 6.04 Å². The van der Waals surface area contributed by atoms with Gasteiger partial charge in [-0.2, -0.15) is 0 Å². The average molecular weight is 186 g/mol. The monoisotopic (exact) mass is 186 g/mol.